The van der Waals surface area contributed by atoms with Crippen LogP contribution < -0.4 is 5.73 Å². The maximum Gasteiger partial charge on any atom is 0.0325 e. The minimum absolute atomic E-state index is 0.806. The second-order valence-electron chi connectivity index (χ2n) is 4.75. The summed E-state index contributed by atoms with van der Waals surface area (Å²) in [5.41, 5.74) is 6.69. The van der Waals surface area contributed by atoms with Crippen LogP contribution in [0, 0.1) is 5.92 Å². The molecule has 0 saturated heterocycles. The van der Waals surface area contributed by atoms with Gasteiger partial charge < -0.3 is 5.73 Å². The molecule has 1 aliphatic carbocycles. The third kappa shape index (κ3) is 3.18. The first-order chi connectivity index (χ1) is 7.78. The van der Waals surface area contributed by atoms with E-state index in [0.717, 1.165) is 16.9 Å². The molecule has 2 unspecified atom stereocenters. The Morgan fingerprint density at radius 3 is 3.00 bits per heavy atom. The number of hydrogen-bond donors (Lipinski definition) is 1. The van der Waals surface area contributed by atoms with Gasteiger partial charge in [-0.05, 0) is 37.0 Å². The van der Waals surface area contributed by atoms with E-state index in [-0.39, 0.29) is 0 Å². The zero-order valence-corrected chi connectivity index (χ0v) is 10.8. The molecule has 2 heteroatoms. The van der Waals surface area contributed by atoms with Crippen molar-refractivity contribution in [1.29, 1.82) is 0 Å². The van der Waals surface area contributed by atoms with E-state index in [1.54, 1.807) is 0 Å². The Kier molecular flexibility index (Phi) is 4.16. The molecule has 1 saturated carbocycles. The van der Waals surface area contributed by atoms with Crippen LogP contribution in [-0.4, -0.2) is 5.25 Å². The van der Waals surface area contributed by atoms with Crippen molar-refractivity contribution in [2.24, 2.45) is 5.92 Å². The molecule has 0 spiro atoms. The van der Waals surface area contributed by atoms with Gasteiger partial charge in [-0.1, -0.05) is 32.3 Å². The van der Waals surface area contributed by atoms with E-state index >= 15 is 0 Å². The molecule has 0 bridgehead atoms. The Morgan fingerprint density at radius 2 is 2.25 bits per heavy atom. The minimum atomic E-state index is 0.806. The van der Waals surface area contributed by atoms with Crippen LogP contribution in [0.15, 0.2) is 29.2 Å². The molecule has 2 rings (SSSR count). The van der Waals surface area contributed by atoms with Crippen LogP contribution in [0.25, 0.3) is 0 Å². The summed E-state index contributed by atoms with van der Waals surface area (Å²) in [6.07, 6.45) is 6.93. The molecule has 1 aliphatic rings. The molecule has 1 nitrogen and oxygen atoms in total. The van der Waals surface area contributed by atoms with Gasteiger partial charge in [-0.25, -0.2) is 0 Å². The van der Waals surface area contributed by atoms with Crippen molar-refractivity contribution in [3.8, 4) is 0 Å². The van der Waals surface area contributed by atoms with E-state index in [1.165, 1.54) is 37.0 Å². The third-order valence-electron chi connectivity index (χ3n) is 3.47. The Bertz CT molecular complexity index is 337. The molecule has 2 atom stereocenters. The van der Waals surface area contributed by atoms with Gasteiger partial charge in [0.1, 0.15) is 0 Å². The van der Waals surface area contributed by atoms with Crippen LogP contribution in [0.3, 0.4) is 0 Å². The smallest absolute Gasteiger partial charge is 0.0325 e. The van der Waals surface area contributed by atoms with Gasteiger partial charge in [0.15, 0.2) is 0 Å². The minimum Gasteiger partial charge on any atom is -0.399 e. The van der Waals surface area contributed by atoms with Crippen LogP contribution in [0.2, 0.25) is 0 Å². The highest BCUT2D eigenvalue weighted by molar-refractivity contribution is 8.00. The van der Waals surface area contributed by atoms with E-state index in [4.69, 9.17) is 5.73 Å². The van der Waals surface area contributed by atoms with Crippen molar-refractivity contribution in [3.63, 3.8) is 0 Å². The van der Waals surface area contributed by atoms with Gasteiger partial charge in [-0.2, -0.15) is 0 Å². The van der Waals surface area contributed by atoms with E-state index < -0.39 is 0 Å². The summed E-state index contributed by atoms with van der Waals surface area (Å²) < 4.78 is 0. The molecule has 16 heavy (non-hydrogen) atoms. The van der Waals surface area contributed by atoms with Gasteiger partial charge in [0.25, 0.3) is 0 Å². The van der Waals surface area contributed by atoms with Gasteiger partial charge in [-0.3, -0.25) is 0 Å². The molecule has 1 aromatic carbocycles. The summed E-state index contributed by atoms with van der Waals surface area (Å²) in [6.45, 7) is 2.32. The molecule has 1 aromatic rings. The molecule has 0 amide bonds. The Balaban J connectivity index is 1.94. The fourth-order valence-corrected chi connectivity index (χ4v) is 3.90. The van der Waals surface area contributed by atoms with Gasteiger partial charge >= 0.3 is 0 Å². The van der Waals surface area contributed by atoms with E-state index in [0.29, 0.717) is 0 Å². The second-order valence-corrected chi connectivity index (χ2v) is 6.13. The topological polar surface area (TPSA) is 26.0 Å². The summed E-state index contributed by atoms with van der Waals surface area (Å²) in [6, 6.07) is 8.29. The van der Waals surface area contributed by atoms with Gasteiger partial charge in [0, 0.05) is 15.8 Å². The normalized spacial score (nSPS) is 25.6. The summed E-state index contributed by atoms with van der Waals surface area (Å²) in [4.78, 5) is 1.33. The maximum absolute atomic E-state index is 5.80. The average Bonchev–Trinajstić information content (AvgIpc) is 2.29. The zero-order valence-electron chi connectivity index (χ0n) is 9.99. The first-order valence-electron chi connectivity index (χ1n) is 6.30. The molecule has 0 heterocycles. The molecular weight excluding hydrogens is 214 g/mol. The highest BCUT2D eigenvalue weighted by Gasteiger charge is 2.21. The molecule has 0 aromatic heterocycles. The number of nitrogens with two attached hydrogens (primary N) is 1. The average molecular weight is 235 g/mol. The van der Waals surface area contributed by atoms with E-state index in [2.05, 4.69) is 25.1 Å². The lowest BCUT2D eigenvalue weighted by Crippen LogP contribution is -2.16. The molecule has 0 radical (unpaired) electrons. The highest BCUT2D eigenvalue weighted by Crippen LogP contribution is 2.37. The summed E-state index contributed by atoms with van der Waals surface area (Å²) in [7, 11) is 0. The Morgan fingerprint density at radius 1 is 1.38 bits per heavy atom. The Hall–Kier alpha value is -0.630. The van der Waals surface area contributed by atoms with Crippen molar-refractivity contribution in [1.82, 2.24) is 0 Å². The number of hydrogen-bond acceptors (Lipinski definition) is 2. The predicted octanol–water partition coefficient (Wildman–Crippen LogP) is 4.33. The van der Waals surface area contributed by atoms with Crippen molar-refractivity contribution in [2.45, 2.75) is 49.2 Å². The number of nitrogen functional groups attached to an aromatic ring is 1. The number of anilines is 1. The van der Waals surface area contributed by atoms with Crippen LogP contribution in [0.4, 0.5) is 5.69 Å². The quantitative estimate of drug-likeness (QED) is 0.789. The third-order valence-corrected chi connectivity index (χ3v) is 4.76. The van der Waals surface area contributed by atoms with Crippen molar-refractivity contribution in [3.05, 3.63) is 24.3 Å². The Labute approximate surface area is 103 Å². The second kappa shape index (κ2) is 5.62. The predicted molar refractivity (Wildman–Crippen MR) is 72.7 cm³/mol. The number of rotatable bonds is 3. The van der Waals surface area contributed by atoms with E-state index in [9.17, 15) is 0 Å². The van der Waals surface area contributed by atoms with Crippen molar-refractivity contribution < 1.29 is 0 Å². The molecular formula is C14H21NS. The summed E-state index contributed by atoms with van der Waals surface area (Å²) in [5.74, 6) is 0.951. The summed E-state index contributed by atoms with van der Waals surface area (Å²) in [5, 5.41) is 0.806. The van der Waals surface area contributed by atoms with Gasteiger partial charge in [0.2, 0.25) is 0 Å². The first-order valence-corrected chi connectivity index (χ1v) is 7.18. The first kappa shape index (κ1) is 11.8. The molecule has 2 N–H and O–H groups in total. The van der Waals surface area contributed by atoms with Gasteiger partial charge in [0.05, 0.1) is 0 Å². The molecule has 1 fully saturated rings. The van der Waals surface area contributed by atoms with Crippen LogP contribution in [0.1, 0.15) is 39.0 Å². The number of benzene rings is 1. The monoisotopic (exact) mass is 235 g/mol. The van der Waals surface area contributed by atoms with E-state index in [1.807, 2.05) is 17.8 Å². The van der Waals surface area contributed by atoms with Gasteiger partial charge in [-0.15, -0.1) is 11.8 Å². The largest absolute Gasteiger partial charge is 0.399 e. The lowest BCUT2D eigenvalue weighted by Gasteiger charge is -2.28. The zero-order chi connectivity index (χ0) is 11.4. The van der Waals surface area contributed by atoms with Crippen LogP contribution in [0.5, 0.6) is 0 Å². The van der Waals surface area contributed by atoms with Crippen molar-refractivity contribution in [2.75, 3.05) is 5.73 Å². The number of thioether (sulfide) groups is 1. The van der Waals surface area contributed by atoms with Crippen LogP contribution >= 0.6 is 11.8 Å². The van der Waals surface area contributed by atoms with Crippen LogP contribution in [-0.2, 0) is 0 Å². The fraction of sp³-hybridized carbons (Fsp3) is 0.571. The molecule has 0 aliphatic heterocycles. The SMILES string of the molecule is CCC1CCCC(Sc2cccc(N)c2)C1. The highest BCUT2D eigenvalue weighted by atomic mass is 32.2. The fourth-order valence-electron chi connectivity index (χ4n) is 2.50. The maximum atomic E-state index is 5.80. The molecule has 88 valence electrons. The van der Waals surface area contributed by atoms with Crippen molar-refractivity contribution >= 4 is 17.4 Å². The lowest BCUT2D eigenvalue weighted by atomic mass is 9.87. The summed E-state index contributed by atoms with van der Waals surface area (Å²) >= 11 is 2.02. The lowest BCUT2D eigenvalue weighted by molar-refractivity contribution is 0.357. The standard InChI is InChI=1S/C14H21NS/c1-2-11-5-3-7-13(9-11)16-14-8-4-6-12(15)10-14/h4,6,8,10-11,13H,2-3,5,7,9,15H2,1H3.